The predicted octanol–water partition coefficient (Wildman–Crippen LogP) is 11.0. The van der Waals surface area contributed by atoms with Gasteiger partial charge in [0.05, 0.1) is 0 Å². The molecule has 29 heavy (non-hydrogen) atoms. The molecule has 1 heteroatoms. The van der Waals surface area contributed by atoms with Crippen LogP contribution in [0.25, 0.3) is 0 Å². The molecule has 172 valence electrons. The molecule has 0 radical (unpaired) electrons. The predicted molar refractivity (Wildman–Crippen MR) is 133 cm³/mol. The summed E-state index contributed by atoms with van der Waals surface area (Å²) >= 11 is 0. The van der Waals surface area contributed by atoms with Crippen molar-refractivity contribution < 1.29 is 19.5 Å². The van der Waals surface area contributed by atoms with Gasteiger partial charge in [0.2, 0.25) is 0 Å². The van der Waals surface area contributed by atoms with Crippen LogP contribution in [0.5, 0.6) is 0 Å². The molecular formula is C28H58Zn. The van der Waals surface area contributed by atoms with Crippen molar-refractivity contribution in [2.24, 2.45) is 0 Å². The van der Waals surface area contributed by atoms with E-state index < -0.39 is 0 Å². The van der Waals surface area contributed by atoms with Crippen LogP contribution in [0.3, 0.4) is 0 Å². The van der Waals surface area contributed by atoms with E-state index in [1.165, 1.54) is 141 Å². The van der Waals surface area contributed by atoms with Gasteiger partial charge in [-0.15, -0.1) is 0 Å². The average Bonchev–Trinajstić information content (AvgIpc) is 2.71. The monoisotopic (exact) mass is 458 g/mol. The molecule has 0 aliphatic carbocycles. The van der Waals surface area contributed by atoms with Gasteiger partial charge in [0.15, 0.2) is 0 Å². The third-order valence-corrected chi connectivity index (χ3v) is 5.71. The van der Waals surface area contributed by atoms with Crippen LogP contribution in [0.1, 0.15) is 168 Å². The topological polar surface area (TPSA) is 0 Å². The summed E-state index contributed by atoms with van der Waals surface area (Å²) in [6, 6.07) is 0. The summed E-state index contributed by atoms with van der Waals surface area (Å²) in [7, 11) is 0. The molecule has 0 aromatic heterocycles. The number of rotatable bonds is 22. The molecule has 0 nitrogen and oxygen atoms in total. The Labute approximate surface area is 200 Å². The summed E-state index contributed by atoms with van der Waals surface area (Å²) in [6.07, 6.45) is 33.7. The van der Waals surface area contributed by atoms with Crippen LogP contribution in [-0.4, -0.2) is 0 Å². The summed E-state index contributed by atoms with van der Waals surface area (Å²) in [6.45, 7) is 12.3. The summed E-state index contributed by atoms with van der Waals surface area (Å²) in [5, 5.41) is 0. The van der Waals surface area contributed by atoms with Crippen molar-refractivity contribution in [2.45, 2.75) is 168 Å². The van der Waals surface area contributed by atoms with Crippen LogP contribution in [-0.2, 0) is 19.5 Å². The SMILES string of the molecule is [CH2-]CCCCCCCCCCCCC.[CH2-]CCCCCCCCCCCCC.[Zn+2]. The van der Waals surface area contributed by atoms with E-state index in [2.05, 4.69) is 27.7 Å². The molecule has 0 unspecified atom stereocenters. The van der Waals surface area contributed by atoms with E-state index in [0.717, 1.165) is 12.8 Å². The molecule has 0 aliphatic rings. The van der Waals surface area contributed by atoms with Crippen LogP contribution in [0, 0.1) is 13.8 Å². The Kier molecular flexibility index (Phi) is 42.5. The van der Waals surface area contributed by atoms with Gasteiger partial charge in [0.1, 0.15) is 0 Å². The minimum atomic E-state index is 0. The fraction of sp³-hybridized carbons (Fsp3) is 0.929. The third-order valence-electron chi connectivity index (χ3n) is 5.71. The van der Waals surface area contributed by atoms with Crippen molar-refractivity contribution in [1.82, 2.24) is 0 Å². The fourth-order valence-electron chi connectivity index (χ4n) is 3.68. The van der Waals surface area contributed by atoms with Gasteiger partial charge in [0.25, 0.3) is 0 Å². The van der Waals surface area contributed by atoms with Crippen LogP contribution in [0.2, 0.25) is 0 Å². The van der Waals surface area contributed by atoms with Crippen molar-refractivity contribution >= 4 is 0 Å². The number of unbranched alkanes of at least 4 members (excludes halogenated alkanes) is 22. The Hall–Kier alpha value is 0.623. The van der Waals surface area contributed by atoms with Crippen molar-refractivity contribution in [3.8, 4) is 0 Å². The van der Waals surface area contributed by atoms with Crippen LogP contribution in [0.4, 0.5) is 0 Å². The van der Waals surface area contributed by atoms with E-state index in [1.54, 1.807) is 0 Å². The van der Waals surface area contributed by atoms with Gasteiger partial charge in [-0.2, -0.15) is 12.8 Å². The summed E-state index contributed by atoms with van der Waals surface area (Å²) < 4.78 is 0. The first kappa shape index (κ1) is 34.2. The molecule has 0 spiro atoms. The molecule has 0 atom stereocenters. The average molecular weight is 460 g/mol. The molecule has 0 saturated heterocycles. The quantitative estimate of drug-likeness (QED) is 0.0857. The Morgan fingerprint density at radius 1 is 0.310 bits per heavy atom. The minimum Gasteiger partial charge on any atom is -0.343 e. The van der Waals surface area contributed by atoms with Crippen molar-refractivity contribution in [3.05, 3.63) is 13.8 Å². The van der Waals surface area contributed by atoms with E-state index in [-0.39, 0.29) is 19.5 Å². The molecule has 0 amide bonds. The first-order chi connectivity index (χ1) is 13.8. The van der Waals surface area contributed by atoms with E-state index in [9.17, 15) is 0 Å². The Balaban J connectivity index is -0.000000451. The number of hydrogen-bond donors (Lipinski definition) is 0. The molecule has 0 N–H and O–H groups in total. The third kappa shape index (κ3) is 39.6. The van der Waals surface area contributed by atoms with Gasteiger partial charge in [-0.25, -0.2) is 0 Å². The van der Waals surface area contributed by atoms with Crippen LogP contribution >= 0.6 is 0 Å². The van der Waals surface area contributed by atoms with Gasteiger partial charge in [-0.1, -0.05) is 155 Å². The molecule has 0 heterocycles. The Morgan fingerprint density at radius 2 is 0.483 bits per heavy atom. The zero-order valence-electron chi connectivity index (χ0n) is 21.1. The van der Waals surface area contributed by atoms with E-state index in [0.29, 0.717) is 0 Å². The van der Waals surface area contributed by atoms with Crippen molar-refractivity contribution in [1.29, 1.82) is 0 Å². The second kappa shape index (κ2) is 36.0. The summed E-state index contributed by atoms with van der Waals surface area (Å²) in [4.78, 5) is 0. The largest absolute Gasteiger partial charge is 2.00 e. The molecular weight excluding hydrogens is 402 g/mol. The zero-order valence-corrected chi connectivity index (χ0v) is 24.1. The molecule has 0 saturated carbocycles. The van der Waals surface area contributed by atoms with Crippen LogP contribution < -0.4 is 0 Å². The van der Waals surface area contributed by atoms with E-state index in [4.69, 9.17) is 0 Å². The number of hydrogen-bond acceptors (Lipinski definition) is 0. The van der Waals surface area contributed by atoms with Gasteiger partial charge < -0.3 is 13.8 Å². The standard InChI is InChI=1S/2C14H29.Zn/c2*1-3-5-7-9-11-13-14-12-10-8-6-4-2;/h2*1,3-14H2,2H3;/q2*-1;+2. The maximum atomic E-state index is 3.86. The van der Waals surface area contributed by atoms with Gasteiger partial charge >= 0.3 is 19.5 Å². The smallest absolute Gasteiger partial charge is 0.343 e. The first-order valence-corrected chi connectivity index (χ1v) is 13.4. The molecule has 0 aromatic rings. The molecule has 0 rings (SSSR count). The summed E-state index contributed by atoms with van der Waals surface area (Å²) in [5.41, 5.74) is 0. The maximum absolute atomic E-state index is 3.86. The second-order valence-electron chi connectivity index (χ2n) is 8.78. The first-order valence-electron chi connectivity index (χ1n) is 13.4. The van der Waals surface area contributed by atoms with Gasteiger partial charge in [-0.05, 0) is 0 Å². The van der Waals surface area contributed by atoms with Gasteiger partial charge in [-0.3, -0.25) is 0 Å². The minimum absolute atomic E-state index is 0. The zero-order chi connectivity index (χ0) is 21.0. The van der Waals surface area contributed by atoms with Crippen molar-refractivity contribution in [3.63, 3.8) is 0 Å². The van der Waals surface area contributed by atoms with Gasteiger partial charge in [0, 0.05) is 0 Å². The van der Waals surface area contributed by atoms with E-state index in [1.807, 2.05) is 0 Å². The molecule has 0 bridgehead atoms. The Morgan fingerprint density at radius 3 is 0.655 bits per heavy atom. The fourth-order valence-corrected chi connectivity index (χ4v) is 3.68. The van der Waals surface area contributed by atoms with E-state index >= 15 is 0 Å². The maximum Gasteiger partial charge on any atom is 2.00 e. The summed E-state index contributed by atoms with van der Waals surface area (Å²) in [5.74, 6) is 0. The van der Waals surface area contributed by atoms with Crippen LogP contribution in [0.15, 0.2) is 0 Å². The normalized spacial score (nSPS) is 10.3. The van der Waals surface area contributed by atoms with Crippen molar-refractivity contribution in [2.75, 3.05) is 0 Å². The molecule has 0 aliphatic heterocycles. The second-order valence-corrected chi connectivity index (χ2v) is 8.78. The molecule has 0 fully saturated rings. The molecule has 0 aromatic carbocycles. The Bertz CT molecular complexity index is 178.